The molecule has 0 unspecified atom stereocenters. The summed E-state index contributed by atoms with van der Waals surface area (Å²) in [5.74, 6) is 0. The van der Waals surface area contributed by atoms with Crippen LogP contribution in [0.2, 0.25) is 0 Å². The van der Waals surface area contributed by atoms with Gasteiger partial charge in [0, 0.05) is 18.8 Å². The Labute approximate surface area is 76.5 Å². The smallest absolute Gasteiger partial charge is 0.0283 e. The summed E-state index contributed by atoms with van der Waals surface area (Å²) in [6.45, 7) is 6.33. The first-order valence-corrected chi connectivity index (χ1v) is 5.16. The lowest BCUT2D eigenvalue weighted by Gasteiger charge is -2.28. The van der Waals surface area contributed by atoms with Crippen molar-refractivity contribution in [2.75, 3.05) is 7.05 Å². The molecular formula is C11H21N. The van der Waals surface area contributed by atoms with E-state index in [1.54, 1.807) is 0 Å². The van der Waals surface area contributed by atoms with Gasteiger partial charge in [0.05, 0.1) is 0 Å². The highest BCUT2D eigenvalue weighted by atomic mass is 15.1. The van der Waals surface area contributed by atoms with Gasteiger partial charge in [0.25, 0.3) is 0 Å². The molecule has 0 radical (unpaired) electrons. The number of allylic oxidation sites excluding steroid dienone is 1. The molecule has 1 rings (SSSR count). The minimum Gasteiger partial charge on any atom is -0.375 e. The Kier molecular flexibility index (Phi) is 3.64. The van der Waals surface area contributed by atoms with E-state index in [-0.39, 0.29) is 0 Å². The van der Waals surface area contributed by atoms with Crippen LogP contribution in [0.4, 0.5) is 0 Å². The van der Waals surface area contributed by atoms with Crippen LogP contribution < -0.4 is 0 Å². The molecule has 0 aromatic carbocycles. The van der Waals surface area contributed by atoms with Gasteiger partial charge in [0.2, 0.25) is 0 Å². The van der Waals surface area contributed by atoms with Gasteiger partial charge < -0.3 is 4.90 Å². The summed E-state index contributed by atoms with van der Waals surface area (Å²) < 4.78 is 0. The lowest BCUT2D eigenvalue weighted by atomic mass is 10.2. The number of hydrogen-bond donors (Lipinski definition) is 0. The lowest BCUT2D eigenvalue weighted by molar-refractivity contribution is 0.298. The van der Waals surface area contributed by atoms with E-state index < -0.39 is 0 Å². The summed E-state index contributed by atoms with van der Waals surface area (Å²) in [4.78, 5) is 2.40. The van der Waals surface area contributed by atoms with Crippen molar-refractivity contribution in [3.8, 4) is 0 Å². The van der Waals surface area contributed by atoms with Gasteiger partial charge in [0.15, 0.2) is 0 Å². The average Bonchev–Trinajstić information content (AvgIpc) is 2.55. The molecule has 1 heteroatoms. The maximum Gasteiger partial charge on any atom is 0.0283 e. The molecule has 0 aromatic rings. The molecule has 1 saturated carbocycles. The molecule has 1 fully saturated rings. The predicted molar refractivity (Wildman–Crippen MR) is 54.1 cm³/mol. The SMILES string of the molecule is C=C(CCC)N(C)C1CCCC1. The van der Waals surface area contributed by atoms with E-state index in [1.807, 2.05) is 0 Å². The molecule has 1 aliphatic rings. The maximum absolute atomic E-state index is 4.11. The fourth-order valence-electron chi connectivity index (χ4n) is 2.01. The predicted octanol–water partition coefficient (Wildman–Crippen LogP) is 3.17. The first-order valence-electron chi connectivity index (χ1n) is 5.16. The third-order valence-corrected chi connectivity index (χ3v) is 2.91. The second-order valence-corrected chi connectivity index (χ2v) is 3.87. The summed E-state index contributed by atoms with van der Waals surface area (Å²) >= 11 is 0. The zero-order chi connectivity index (χ0) is 8.97. The monoisotopic (exact) mass is 167 g/mol. The second kappa shape index (κ2) is 4.54. The highest BCUT2D eigenvalue weighted by molar-refractivity contribution is 4.96. The van der Waals surface area contributed by atoms with Crippen LogP contribution in [-0.4, -0.2) is 18.0 Å². The number of rotatable bonds is 4. The standard InChI is InChI=1S/C11H21N/c1-4-7-10(2)12(3)11-8-5-6-9-11/h11H,2,4-9H2,1,3H3. The van der Waals surface area contributed by atoms with Gasteiger partial charge in [-0.15, -0.1) is 0 Å². The van der Waals surface area contributed by atoms with Gasteiger partial charge >= 0.3 is 0 Å². The average molecular weight is 167 g/mol. The Bertz CT molecular complexity index is 145. The Morgan fingerprint density at radius 2 is 2.00 bits per heavy atom. The summed E-state index contributed by atoms with van der Waals surface area (Å²) in [5, 5.41) is 0. The van der Waals surface area contributed by atoms with Crippen LogP contribution in [0.5, 0.6) is 0 Å². The molecule has 0 N–H and O–H groups in total. The molecule has 0 heterocycles. The van der Waals surface area contributed by atoms with Crippen LogP contribution in [-0.2, 0) is 0 Å². The summed E-state index contributed by atoms with van der Waals surface area (Å²) in [5.41, 5.74) is 1.32. The Hall–Kier alpha value is -0.460. The van der Waals surface area contributed by atoms with Gasteiger partial charge in [-0.3, -0.25) is 0 Å². The normalized spacial score (nSPS) is 18.2. The van der Waals surface area contributed by atoms with Gasteiger partial charge in [-0.2, -0.15) is 0 Å². The number of nitrogens with zero attached hydrogens (tertiary/aromatic N) is 1. The molecule has 0 amide bonds. The van der Waals surface area contributed by atoms with Crippen LogP contribution in [0, 0.1) is 0 Å². The van der Waals surface area contributed by atoms with E-state index in [1.165, 1.54) is 37.8 Å². The zero-order valence-corrected chi connectivity index (χ0v) is 8.47. The minimum absolute atomic E-state index is 0.795. The van der Waals surface area contributed by atoms with Crippen molar-refractivity contribution >= 4 is 0 Å². The molecular weight excluding hydrogens is 146 g/mol. The van der Waals surface area contributed by atoms with E-state index in [0.29, 0.717) is 0 Å². The molecule has 0 aliphatic heterocycles. The third-order valence-electron chi connectivity index (χ3n) is 2.91. The third kappa shape index (κ3) is 2.26. The van der Waals surface area contributed by atoms with E-state index in [4.69, 9.17) is 0 Å². The molecule has 0 aromatic heterocycles. The van der Waals surface area contributed by atoms with Crippen molar-refractivity contribution in [2.45, 2.75) is 51.5 Å². The van der Waals surface area contributed by atoms with Crippen molar-refractivity contribution < 1.29 is 0 Å². The Balaban J connectivity index is 2.34. The van der Waals surface area contributed by atoms with Crippen molar-refractivity contribution in [3.05, 3.63) is 12.3 Å². The van der Waals surface area contributed by atoms with Crippen molar-refractivity contribution in [1.82, 2.24) is 4.90 Å². The quantitative estimate of drug-likeness (QED) is 0.621. The molecule has 0 spiro atoms. The van der Waals surface area contributed by atoms with Crippen LogP contribution >= 0.6 is 0 Å². The second-order valence-electron chi connectivity index (χ2n) is 3.87. The van der Waals surface area contributed by atoms with Crippen molar-refractivity contribution in [3.63, 3.8) is 0 Å². The number of hydrogen-bond acceptors (Lipinski definition) is 1. The molecule has 12 heavy (non-hydrogen) atoms. The highest BCUT2D eigenvalue weighted by Gasteiger charge is 2.19. The molecule has 1 aliphatic carbocycles. The van der Waals surface area contributed by atoms with E-state index in [0.717, 1.165) is 12.5 Å². The fourth-order valence-corrected chi connectivity index (χ4v) is 2.01. The van der Waals surface area contributed by atoms with Crippen LogP contribution in [0.25, 0.3) is 0 Å². The summed E-state index contributed by atoms with van der Waals surface area (Å²) in [6.07, 6.45) is 7.95. The maximum atomic E-state index is 4.11. The van der Waals surface area contributed by atoms with Gasteiger partial charge in [-0.05, 0) is 19.3 Å². The van der Waals surface area contributed by atoms with Crippen molar-refractivity contribution in [1.29, 1.82) is 0 Å². The van der Waals surface area contributed by atoms with Crippen LogP contribution in [0.1, 0.15) is 45.4 Å². The Morgan fingerprint density at radius 1 is 1.42 bits per heavy atom. The molecule has 0 bridgehead atoms. The Morgan fingerprint density at radius 3 is 2.50 bits per heavy atom. The van der Waals surface area contributed by atoms with Gasteiger partial charge in [-0.25, -0.2) is 0 Å². The zero-order valence-electron chi connectivity index (χ0n) is 8.47. The lowest BCUT2D eigenvalue weighted by Crippen LogP contribution is -2.27. The molecule has 70 valence electrons. The summed E-state index contributed by atoms with van der Waals surface area (Å²) in [7, 11) is 2.20. The fraction of sp³-hybridized carbons (Fsp3) is 0.818. The largest absolute Gasteiger partial charge is 0.375 e. The van der Waals surface area contributed by atoms with Gasteiger partial charge in [-0.1, -0.05) is 32.8 Å². The van der Waals surface area contributed by atoms with E-state index in [2.05, 4.69) is 25.5 Å². The van der Waals surface area contributed by atoms with E-state index in [9.17, 15) is 0 Å². The molecule has 0 saturated heterocycles. The van der Waals surface area contributed by atoms with E-state index >= 15 is 0 Å². The highest BCUT2D eigenvalue weighted by Crippen LogP contribution is 2.25. The first kappa shape index (κ1) is 9.63. The molecule has 0 atom stereocenters. The van der Waals surface area contributed by atoms with Gasteiger partial charge in [0.1, 0.15) is 0 Å². The summed E-state index contributed by atoms with van der Waals surface area (Å²) in [6, 6.07) is 0.795. The topological polar surface area (TPSA) is 3.24 Å². The molecule has 1 nitrogen and oxygen atoms in total. The first-order chi connectivity index (χ1) is 5.75. The van der Waals surface area contributed by atoms with Crippen LogP contribution in [0.15, 0.2) is 12.3 Å². The van der Waals surface area contributed by atoms with Crippen LogP contribution in [0.3, 0.4) is 0 Å². The van der Waals surface area contributed by atoms with Crippen molar-refractivity contribution in [2.24, 2.45) is 0 Å². The minimum atomic E-state index is 0.795.